The molecule has 0 amide bonds. The molecule has 1 aromatic rings. The second-order valence-electron chi connectivity index (χ2n) is 2.65. The van der Waals surface area contributed by atoms with Crippen molar-refractivity contribution in [2.24, 2.45) is 0 Å². The fraction of sp³-hybridized carbons (Fsp3) is 0.444. The number of esters is 1. The minimum Gasteiger partial charge on any atom is -0.465 e. The largest absolute Gasteiger partial charge is 0.465 e. The number of hydrogen-bond acceptors (Lipinski definition) is 3. The summed E-state index contributed by atoms with van der Waals surface area (Å²) in [6.45, 7) is 2.01. The Labute approximate surface area is 90.0 Å². The summed E-state index contributed by atoms with van der Waals surface area (Å²) in [5.74, 6) is -0.242. The molecule has 0 aliphatic rings. The van der Waals surface area contributed by atoms with E-state index in [4.69, 9.17) is 0 Å². The lowest BCUT2D eigenvalue weighted by Crippen LogP contribution is -1.96. The highest BCUT2D eigenvalue weighted by molar-refractivity contribution is 9.09. The number of ether oxygens (including phenoxy) is 1. The molecule has 1 rings (SSSR count). The molecule has 4 heteroatoms. The molecule has 0 fully saturated rings. The fourth-order valence-corrected chi connectivity index (χ4v) is 2.81. The Morgan fingerprint density at radius 1 is 1.69 bits per heavy atom. The molecule has 0 aromatic carbocycles. The summed E-state index contributed by atoms with van der Waals surface area (Å²) < 4.78 is 4.64. The van der Waals surface area contributed by atoms with Gasteiger partial charge in [-0.1, -0.05) is 15.9 Å². The van der Waals surface area contributed by atoms with Crippen LogP contribution in [-0.4, -0.2) is 18.4 Å². The number of rotatable bonds is 3. The van der Waals surface area contributed by atoms with Crippen molar-refractivity contribution >= 4 is 33.2 Å². The van der Waals surface area contributed by atoms with Gasteiger partial charge < -0.3 is 4.74 Å². The van der Waals surface area contributed by atoms with E-state index in [0.29, 0.717) is 4.88 Å². The van der Waals surface area contributed by atoms with E-state index in [1.165, 1.54) is 28.9 Å². The highest BCUT2D eigenvalue weighted by atomic mass is 79.9. The average Bonchev–Trinajstić information content (AvgIpc) is 2.47. The van der Waals surface area contributed by atoms with Crippen molar-refractivity contribution in [2.75, 3.05) is 12.4 Å². The van der Waals surface area contributed by atoms with Gasteiger partial charge in [0.1, 0.15) is 4.88 Å². The molecule has 0 spiro atoms. The number of methoxy groups -OCH3 is 1. The standard InChI is InChI=1S/C9H11BrO2S/c1-6-5-8(9(11)12-2)13-7(6)3-4-10/h5H,3-4H2,1-2H3. The second-order valence-corrected chi connectivity index (χ2v) is 4.58. The lowest BCUT2D eigenvalue weighted by molar-refractivity contribution is 0.0606. The molecule has 1 heterocycles. The number of carbonyl (C=O) groups is 1. The molecule has 2 nitrogen and oxygen atoms in total. The molecule has 13 heavy (non-hydrogen) atoms. The van der Waals surface area contributed by atoms with Gasteiger partial charge in [-0.05, 0) is 25.0 Å². The molecule has 0 saturated heterocycles. The normalized spacial score (nSPS) is 10.1. The van der Waals surface area contributed by atoms with Crippen LogP contribution in [0.25, 0.3) is 0 Å². The number of aryl methyl sites for hydroxylation is 2. The quantitative estimate of drug-likeness (QED) is 0.619. The van der Waals surface area contributed by atoms with E-state index in [1.54, 1.807) is 0 Å². The average molecular weight is 263 g/mol. The molecule has 0 unspecified atom stereocenters. The van der Waals surface area contributed by atoms with E-state index in [-0.39, 0.29) is 5.97 Å². The van der Waals surface area contributed by atoms with Crippen molar-refractivity contribution in [1.29, 1.82) is 0 Å². The van der Waals surface area contributed by atoms with Crippen molar-refractivity contribution in [3.8, 4) is 0 Å². The third-order valence-electron chi connectivity index (χ3n) is 1.73. The predicted octanol–water partition coefficient (Wildman–Crippen LogP) is 2.78. The van der Waals surface area contributed by atoms with Crippen molar-refractivity contribution in [1.82, 2.24) is 0 Å². The molecule has 0 aliphatic carbocycles. The van der Waals surface area contributed by atoms with Crippen LogP contribution in [0, 0.1) is 6.92 Å². The van der Waals surface area contributed by atoms with Crippen LogP contribution in [0.15, 0.2) is 6.07 Å². The molecule has 1 aromatic heterocycles. The van der Waals surface area contributed by atoms with Gasteiger partial charge in [0.25, 0.3) is 0 Å². The maximum absolute atomic E-state index is 11.2. The van der Waals surface area contributed by atoms with Gasteiger partial charge in [-0.3, -0.25) is 0 Å². The van der Waals surface area contributed by atoms with Gasteiger partial charge in [0.15, 0.2) is 0 Å². The number of hydrogen-bond donors (Lipinski definition) is 0. The molecule has 0 radical (unpaired) electrons. The first-order chi connectivity index (χ1) is 6.19. The van der Waals surface area contributed by atoms with Gasteiger partial charge in [-0.15, -0.1) is 11.3 Å². The number of alkyl halides is 1. The zero-order valence-electron chi connectivity index (χ0n) is 7.59. The Morgan fingerprint density at radius 3 is 2.92 bits per heavy atom. The zero-order valence-corrected chi connectivity index (χ0v) is 10.00. The van der Waals surface area contributed by atoms with E-state index < -0.39 is 0 Å². The third-order valence-corrected chi connectivity index (χ3v) is 3.40. The monoisotopic (exact) mass is 262 g/mol. The van der Waals surface area contributed by atoms with Crippen LogP contribution in [0.3, 0.4) is 0 Å². The van der Waals surface area contributed by atoms with Gasteiger partial charge >= 0.3 is 5.97 Å². The molecule has 72 valence electrons. The Morgan fingerprint density at radius 2 is 2.38 bits per heavy atom. The fourth-order valence-electron chi connectivity index (χ4n) is 1.06. The van der Waals surface area contributed by atoms with Gasteiger partial charge in [-0.2, -0.15) is 0 Å². The molecule has 0 atom stereocenters. The number of halogens is 1. The minimum absolute atomic E-state index is 0.242. The SMILES string of the molecule is COC(=O)c1cc(C)c(CCBr)s1. The summed E-state index contributed by atoms with van der Waals surface area (Å²) in [4.78, 5) is 13.1. The molecule has 0 N–H and O–H groups in total. The lowest BCUT2D eigenvalue weighted by atomic mass is 10.2. The van der Waals surface area contributed by atoms with Crippen molar-refractivity contribution < 1.29 is 9.53 Å². The third kappa shape index (κ3) is 2.54. The number of thiophene rings is 1. The first kappa shape index (κ1) is 10.7. The number of carbonyl (C=O) groups excluding carboxylic acids is 1. The van der Waals surface area contributed by atoms with E-state index >= 15 is 0 Å². The summed E-state index contributed by atoms with van der Waals surface area (Å²) >= 11 is 4.89. The topological polar surface area (TPSA) is 26.3 Å². The molecular formula is C9H11BrO2S. The Kier molecular flexibility index (Phi) is 3.93. The van der Waals surface area contributed by atoms with E-state index in [9.17, 15) is 4.79 Å². The summed E-state index contributed by atoms with van der Waals surface area (Å²) in [5, 5.41) is 0.926. The Balaban J connectivity index is 2.88. The van der Waals surface area contributed by atoms with Gasteiger partial charge in [-0.25, -0.2) is 4.79 Å². The van der Waals surface area contributed by atoms with E-state index in [1.807, 2.05) is 13.0 Å². The van der Waals surface area contributed by atoms with Gasteiger partial charge in [0, 0.05) is 10.2 Å². The minimum atomic E-state index is -0.242. The summed E-state index contributed by atoms with van der Waals surface area (Å²) in [6, 6.07) is 1.88. The van der Waals surface area contributed by atoms with Crippen LogP contribution in [-0.2, 0) is 11.2 Å². The van der Waals surface area contributed by atoms with Crippen LogP contribution >= 0.6 is 27.3 Å². The Hall–Kier alpha value is -0.350. The van der Waals surface area contributed by atoms with Crippen molar-refractivity contribution in [3.63, 3.8) is 0 Å². The smallest absolute Gasteiger partial charge is 0.348 e. The van der Waals surface area contributed by atoms with Crippen molar-refractivity contribution in [3.05, 3.63) is 21.4 Å². The molecular weight excluding hydrogens is 252 g/mol. The Bertz CT molecular complexity index is 307. The second kappa shape index (κ2) is 4.77. The zero-order chi connectivity index (χ0) is 9.84. The first-order valence-corrected chi connectivity index (χ1v) is 5.86. The van der Waals surface area contributed by atoms with Crippen LogP contribution in [0.4, 0.5) is 0 Å². The highest BCUT2D eigenvalue weighted by Crippen LogP contribution is 2.23. The summed E-state index contributed by atoms with van der Waals surface area (Å²) in [7, 11) is 1.40. The van der Waals surface area contributed by atoms with Crippen LogP contribution in [0.2, 0.25) is 0 Å². The van der Waals surface area contributed by atoms with Crippen LogP contribution < -0.4 is 0 Å². The van der Waals surface area contributed by atoms with E-state index in [2.05, 4.69) is 20.7 Å². The van der Waals surface area contributed by atoms with Crippen LogP contribution in [0.1, 0.15) is 20.1 Å². The lowest BCUT2D eigenvalue weighted by Gasteiger charge is -1.92. The maximum atomic E-state index is 11.2. The van der Waals surface area contributed by atoms with Crippen LogP contribution in [0.5, 0.6) is 0 Å². The van der Waals surface area contributed by atoms with E-state index in [0.717, 1.165) is 11.8 Å². The van der Waals surface area contributed by atoms with Gasteiger partial charge in [0.05, 0.1) is 7.11 Å². The molecule has 0 saturated carbocycles. The van der Waals surface area contributed by atoms with Gasteiger partial charge in [0.2, 0.25) is 0 Å². The summed E-state index contributed by atoms with van der Waals surface area (Å²) in [5.41, 5.74) is 1.17. The molecule has 0 aliphatic heterocycles. The maximum Gasteiger partial charge on any atom is 0.348 e. The predicted molar refractivity (Wildman–Crippen MR) is 57.9 cm³/mol. The molecule has 0 bridgehead atoms. The summed E-state index contributed by atoms with van der Waals surface area (Å²) in [6.07, 6.45) is 0.966. The highest BCUT2D eigenvalue weighted by Gasteiger charge is 2.11. The first-order valence-electron chi connectivity index (χ1n) is 3.92. The van der Waals surface area contributed by atoms with Crippen molar-refractivity contribution in [2.45, 2.75) is 13.3 Å².